The minimum atomic E-state index is 0.934. The molecule has 0 atom stereocenters. The minimum absolute atomic E-state index is 0.934. The fourth-order valence-corrected chi connectivity index (χ4v) is 3.30. The van der Waals surface area contributed by atoms with Gasteiger partial charge in [-0.25, -0.2) is 4.58 Å². The first-order valence-electron chi connectivity index (χ1n) is 9.32. The molecule has 0 unspecified atom stereocenters. The fourth-order valence-electron chi connectivity index (χ4n) is 3.30. The van der Waals surface area contributed by atoms with Crippen LogP contribution in [0.15, 0.2) is 52.9 Å². The second kappa shape index (κ2) is 7.69. The molecule has 2 aromatic carbocycles. The summed E-state index contributed by atoms with van der Waals surface area (Å²) in [6, 6.07) is 17.2. The fraction of sp³-hybridized carbons (Fsp3) is 0.348. The van der Waals surface area contributed by atoms with Crippen molar-refractivity contribution < 1.29 is 4.42 Å². The van der Waals surface area contributed by atoms with Crippen LogP contribution >= 0.6 is 0 Å². The van der Waals surface area contributed by atoms with Gasteiger partial charge in [0, 0.05) is 18.4 Å². The quantitative estimate of drug-likeness (QED) is 0.578. The second-order valence-electron chi connectivity index (χ2n) is 6.85. The van der Waals surface area contributed by atoms with Gasteiger partial charge >= 0.3 is 0 Å². The van der Waals surface area contributed by atoms with Crippen LogP contribution in [-0.4, -0.2) is 13.1 Å². The molecule has 0 N–H and O–H groups in total. The predicted molar refractivity (Wildman–Crippen MR) is 107 cm³/mol. The van der Waals surface area contributed by atoms with Gasteiger partial charge in [-0.2, -0.15) is 0 Å². The summed E-state index contributed by atoms with van der Waals surface area (Å²) < 4.78 is 8.76. The summed E-state index contributed by atoms with van der Waals surface area (Å²) in [5.74, 6) is 0.934. The Hall–Kier alpha value is -2.35. The van der Waals surface area contributed by atoms with Gasteiger partial charge in [0.2, 0.25) is 5.36 Å². The first-order valence-corrected chi connectivity index (χ1v) is 9.32. The smallest absolute Gasteiger partial charge is 0.214 e. The number of benzene rings is 2. The average molecular weight is 334 g/mol. The Balaban J connectivity index is 2.33. The average Bonchev–Trinajstić information content (AvgIpc) is 2.61. The molecule has 0 bridgehead atoms. The van der Waals surface area contributed by atoms with Crippen molar-refractivity contribution in [3.05, 3.63) is 65.0 Å². The van der Waals surface area contributed by atoms with Gasteiger partial charge in [0.05, 0.1) is 11.5 Å². The van der Waals surface area contributed by atoms with Crippen LogP contribution in [-0.2, 0) is 0 Å². The third-order valence-corrected chi connectivity index (χ3v) is 4.56. The van der Waals surface area contributed by atoms with Gasteiger partial charge in [0.25, 0.3) is 0 Å². The molecule has 3 aromatic rings. The summed E-state index contributed by atoms with van der Waals surface area (Å²) in [5.41, 5.74) is 4.61. The Bertz CT molecular complexity index is 924. The molecule has 0 aliphatic rings. The second-order valence-corrected chi connectivity index (χ2v) is 6.85. The Morgan fingerprint density at radius 3 is 2.08 bits per heavy atom. The van der Waals surface area contributed by atoms with Crippen LogP contribution in [0.25, 0.3) is 22.3 Å². The summed E-state index contributed by atoms with van der Waals surface area (Å²) in [5, 5.41) is 2.49. The van der Waals surface area contributed by atoms with Crippen LogP contribution < -0.4 is 9.93 Å². The van der Waals surface area contributed by atoms with Crippen LogP contribution in [0.3, 0.4) is 0 Å². The predicted octanol–water partition coefficient (Wildman–Crippen LogP) is 5.31. The van der Waals surface area contributed by atoms with E-state index in [9.17, 15) is 0 Å². The van der Waals surface area contributed by atoms with Crippen LogP contribution in [0, 0.1) is 13.8 Å². The lowest BCUT2D eigenvalue weighted by Gasteiger charge is -2.07. The third-order valence-electron chi connectivity index (χ3n) is 4.56. The lowest BCUT2D eigenvalue weighted by molar-refractivity contribution is 0.553. The largest absolute Gasteiger partial charge is 0.456 e. The van der Waals surface area contributed by atoms with Gasteiger partial charge < -0.3 is 4.42 Å². The molecule has 3 rings (SSSR count). The standard InChI is InChI=1S/C23H28NO/c1-5-13-24(14-6-2)21-16-23(19-10-7-17(3)8-11-19)25-22-12-9-18(4)15-20(21)22/h7-12,15-16H,5-6,13-14H2,1-4H3/q+1. The number of hydrogen-bond acceptors (Lipinski definition) is 1. The molecule has 0 saturated heterocycles. The molecule has 25 heavy (non-hydrogen) atoms. The van der Waals surface area contributed by atoms with E-state index < -0.39 is 0 Å². The molecule has 0 spiro atoms. The zero-order valence-electron chi connectivity index (χ0n) is 15.8. The highest BCUT2D eigenvalue weighted by molar-refractivity contribution is 5.79. The van der Waals surface area contributed by atoms with E-state index in [0.29, 0.717) is 0 Å². The Kier molecular flexibility index (Phi) is 5.37. The van der Waals surface area contributed by atoms with Crippen molar-refractivity contribution in [2.24, 2.45) is 0 Å². The Morgan fingerprint density at radius 2 is 1.44 bits per heavy atom. The highest BCUT2D eigenvalue weighted by atomic mass is 16.3. The topological polar surface area (TPSA) is 16.1 Å². The van der Waals surface area contributed by atoms with E-state index in [4.69, 9.17) is 4.42 Å². The van der Waals surface area contributed by atoms with Gasteiger partial charge in [0.1, 0.15) is 24.4 Å². The Labute approximate surface area is 150 Å². The highest BCUT2D eigenvalue weighted by Crippen LogP contribution is 2.23. The van der Waals surface area contributed by atoms with Crippen molar-refractivity contribution in [3.63, 3.8) is 0 Å². The van der Waals surface area contributed by atoms with E-state index in [0.717, 1.165) is 42.8 Å². The first-order chi connectivity index (χ1) is 12.1. The number of hydrogen-bond donors (Lipinski definition) is 0. The maximum Gasteiger partial charge on any atom is 0.214 e. The molecule has 0 radical (unpaired) electrons. The van der Waals surface area contributed by atoms with E-state index >= 15 is 0 Å². The molecule has 0 fully saturated rings. The molecule has 130 valence electrons. The molecule has 0 saturated carbocycles. The van der Waals surface area contributed by atoms with Crippen LogP contribution in [0.5, 0.6) is 0 Å². The summed E-state index contributed by atoms with van der Waals surface area (Å²) in [6.07, 6.45) is 2.28. The van der Waals surface area contributed by atoms with Crippen molar-refractivity contribution >= 4 is 11.0 Å². The first kappa shape index (κ1) is 17.5. The molecular formula is C23H28NO+. The molecule has 0 amide bonds. The lowest BCUT2D eigenvalue weighted by atomic mass is 10.1. The van der Waals surface area contributed by atoms with Gasteiger partial charge in [0.15, 0.2) is 0 Å². The van der Waals surface area contributed by atoms with E-state index in [1.807, 2.05) is 0 Å². The molecule has 0 aliphatic carbocycles. The minimum Gasteiger partial charge on any atom is -0.456 e. The van der Waals surface area contributed by atoms with Crippen molar-refractivity contribution in [1.29, 1.82) is 0 Å². The molecule has 0 aliphatic heterocycles. The molecule has 2 heteroatoms. The number of fused-ring (bicyclic) bond motifs is 1. The van der Waals surface area contributed by atoms with Crippen LogP contribution in [0.4, 0.5) is 0 Å². The maximum absolute atomic E-state index is 6.26. The zero-order chi connectivity index (χ0) is 17.8. The Morgan fingerprint density at radius 1 is 0.800 bits per heavy atom. The summed E-state index contributed by atoms with van der Waals surface area (Å²) in [6.45, 7) is 10.9. The van der Waals surface area contributed by atoms with Crippen molar-refractivity contribution in [2.45, 2.75) is 40.5 Å². The monoisotopic (exact) mass is 334 g/mol. The van der Waals surface area contributed by atoms with Gasteiger partial charge in [-0.1, -0.05) is 55.3 Å². The molecular weight excluding hydrogens is 306 g/mol. The van der Waals surface area contributed by atoms with Gasteiger partial charge in [-0.15, -0.1) is 0 Å². The van der Waals surface area contributed by atoms with Crippen molar-refractivity contribution in [1.82, 2.24) is 4.58 Å². The summed E-state index contributed by atoms with van der Waals surface area (Å²) >= 11 is 0. The van der Waals surface area contributed by atoms with Crippen LogP contribution in [0.2, 0.25) is 0 Å². The molecule has 2 nitrogen and oxygen atoms in total. The normalized spacial score (nSPS) is 11.0. The third kappa shape index (κ3) is 3.84. The molecule has 1 heterocycles. The zero-order valence-corrected chi connectivity index (χ0v) is 15.8. The van der Waals surface area contributed by atoms with Gasteiger partial charge in [-0.05, 0) is 26.0 Å². The number of aryl methyl sites for hydroxylation is 2. The van der Waals surface area contributed by atoms with E-state index in [-0.39, 0.29) is 0 Å². The lowest BCUT2D eigenvalue weighted by Crippen LogP contribution is -2.32. The SMILES string of the molecule is CCC[N+](CCC)=c1cc(-c2ccc(C)cc2)oc2ccc(C)cc12. The van der Waals surface area contributed by atoms with E-state index in [1.54, 1.807) is 0 Å². The van der Waals surface area contributed by atoms with Crippen LogP contribution in [0.1, 0.15) is 37.8 Å². The van der Waals surface area contributed by atoms with E-state index in [1.165, 1.54) is 21.9 Å². The highest BCUT2D eigenvalue weighted by Gasteiger charge is 2.13. The summed E-state index contributed by atoms with van der Waals surface area (Å²) in [7, 11) is 0. The van der Waals surface area contributed by atoms with Crippen molar-refractivity contribution in [3.8, 4) is 11.3 Å². The van der Waals surface area contributed by atoms with Gasteiger partial charge in [-0.3, -0.25) is 0 Å². The summed E-state index contributed by atoms with van der Waals surface area (Å²) in [4.78, 5) is 0. The number of nitrogens with zero attached hydrogens (tertiary/aromatic N) is 1. The van der Waals surface area contributed by atoms with E-state index in [2.05, 4.69) is 80.8 Å². The van der Waals surface area contributed by atoms with Crippen molar-refractivity contribution in [2.75, 3.05) is 13.1 Å². The maximum atomic E-state index is 6.26. The number of rotatable bonds is 5. The molecule has 1 aromatic heterocycles.